The third-order valence-electron chi connectivity index (χ3n) is 4.42. The van der Waals surface area contributed by atoms with Gasteiger partial charge in [0.2, 0.25) is 0 Å². The fourth-order valence-electron chi connectivity index (χ4n) is 2.80. The molecule has 0 fully saturated rings. The van der Waals surface area contributed by atoms with Gasteiger partial charge in [-0.25, -0.2) is 8.42 Å². The molecule has 6 nitrogen and oxygen atoms in total. The Morgan fingerprint density at radius 3 is 2.21 bits per heavy atom. The first-order chi connectivity index (χ1) is 13.9. The highest BCUT2D eigenvalue weighted by molar-refractivity contribution is 7.92. The summed E-state index contributed by atoms with van der Waals surface area (Å²) in [6, 6.07) is 20.0. The number of rotatable bonds is 7. The summed E-state index contributed by atoms with van der Waals surface area (Å²) in [6.07, 6.45) is 0.808. The van der Waals surface area contributed by atoms with Crippen LogP contribution in [0.1, 0.15) is 22.8 Å². The highest BCUT2D eigenvalue weighted by Gasteiger charge is 2.15. The maximum Gasteiger partial charge on any atom is 0.261 e. The number of nitrogens with one attached hydrogen (secondary N) is 2. The average molecular weight is 410 g/mol. The minimum Gasteiger partial charge on any atom is -0.497 e. The van der Waals surface area contributed by atoms with Gasteiger partial charge in [0.25, 0.3) is 15.9 Å². The van der Waals surface area contributed by atoms with Gasteiger partial charge in [-0.1, -0.05) is 25.1 Å². The van der Waals surface area contributed by atoms with Crippen molar-refractivity contribution < 1.29 is 17.9 Å². The van der Waals surface area contributed by atoms with Gasteiger partial charge in [-0.05, 0) is 66.6 Å². The molecule has 0 aromatic heterocycles. The Hall–Kier alpha value is -3.32. The number of benzene rings is 3. The second kappa shape index (κ2) is 8.79. The predicted octanol–water partition coefficient (Wildman–Crippen LogP) is 4.31. The Balaban J connectivity index is 1.71. The van der Waals surface area contributed by atoms with Gasteiger partial charge >= 0.3 is 0 Å². The molecule has 0 aliphatic rings. The van der Waals surface area contributed by atoms with E-state index in [1.807, 2.05) is 31.2 Å². The molecule has 0 saturated heterocycles. The normalized spacial score (nSPS) is 11.0. The molecule has 29 heavy (non-hydrogen) atoms. The van der Waals surface area contributed by atoms with Crippen molar-refractivity contribution in [3.05, 3.63) is 83.9 Å². The number of para-hydroxylation sites is 1. The predicted molar refractivity (Wildman–Crippen MR) is 114 cm³/mol. The van der Waals surface area contributed by atoms with Gasteiger partial charge in [0, 0.05) is 16.9 Å². The van der Waals surface area contributed by atoms with Gasteiger partial charge < -0.3 is 10.1 Å². The molecule has 150 valence electrons. The van der Waals surface area contributed by atoms with Crippen LogP contribution in [0.5, 0.6) is 5.75 Å². The summed E-state index contributed by atoms with van der Waals surface area (Å²) in [5, 5.41) is 2.89. The molecule has 0 saturated carbocycles. The van der Waals surface area contributed by atoms with Gasteiger partial charge in [0.1, 0.15) is 5.75 Å². The summed E-state index contributed by atoms with van der Waals surface area (Å²) in [5.41, 5.74) is 2.61. The number of carbonyl (C=O) groups excluding carboxylic acids is 1. The lowest BCUT2D eigenvalue weighted by Gasteiger charge is -2.11. The Morgan fingerprint density at radius 1 is 0.931 bits per heavy atom. The molecule has 0 atom stereocenters. The monoisotopic (exact) mass is 410 g/mol. The molecule has 2 N–H and O–H groups in total. The molecule has 3 aromatic rings. The zero-order valence-corrected chi connectivity index (χ0v) is 17.0. The second-order valence-corrected chi connectivity index (χ2v) is 8.01. The summed E-state index contributed by atoms with van der Waals surface area (Å²) in [7, 11) is -2.22. The van der Waals surface area contributed by atoms with E-state index in [1.165, 1.54) is 19.2 Å². The molecule has 3 rings (SSSR count). The van der Waals surface area contributed by atoms with Crippen LogP contribution in [-0.2, 0) is 16.4 Å². The Morgan fingerprint density at radius 2 is 1.59 bits per heavy atom. The first kappa shape index (κ1) is 20.4. The van der Waals surface area contributed by atoms with Crippen LogP contribution in [0.2, 0.25) is 0 Å². The summed E-state index contributed by atoms with van der Waals surface area (Å²) >= 11 is 0. The number of hydrogen-bond donors (Lipinski definition) is 2. The van der Waals surface area contributed by atoms with Crippen molar-refractivity contribution in [2.24, 2.45) is 0 Å². The van der Waals surface area contributed by atoms with E-state index in [4.69, 9.17) is 4.74 Å². The molecule has 3 aromatic carbocycles. The summed E-state index contributed by atoms with van der Waals surface area (Å²) in [6.45, 7) is 2.02. The molecule has 0 spiro atoms. The van der Waals surface area contributed by atoms with Crippen LogP contribution in [0.25, 0.3) is 0 Å². The van der Waals surface area contributed by atoms with Crippen LogP contribution in [0, 0.1) is 0 Å². The molecule has 0 aliphatic carbocycles. The van der Waals surface area contributed by atoms with Gasteiger partial charge in [0.05, 0.1) is 12.0 Å². The Kier molecular flexibility index (Phi) is 6.19. The average Bonchev–Trinajstić information content (AvgIpc) is 2.74. The van der Waals surface area contributed by atoms with E-state index in [1.54, 1.807) is 36.4 Å². The third kappa shape index (κ3) is 4.94. The number of amides is 1. The molecule has 0 heterocycles. The van der Waals surface area contributed by atoms with Crippen molar-refractivity contribution in [1.82, 2.24) is 0 Å². The van der Waals surface area contributed by atoms with Crippen molar-refractivity contribution in [3.8, 4) is 5.75 Å². The SMILES string of the molecule is CCc1ccccc1NC(=O)c1ccc(NS(=O)(=O)c2ccc(OC)cc2)cc1. The van der Waals surface area contributed by atoms with E-state index in [0.717, 1.165) is 17.7 Å². The van der Waals surface area contributed by atoms with Crippen molar-refractivity contribution in [3.63, 3.8) is 0 Å². The molecule has 0 radical (unpaired) electrons. The molecule has 0 aliphatic heterocycles. The first-order valence-electron chi connectivity index (χ1n) is 9.09. The number of aryl methyl sites for hydroxylation is 1. The topological polar surface area (TPSA) is 84.5 Å². The molecule has 0 bridgehead atoms. The highest BCUT2D eigenvalue weighted by atomic mass is 32.2. The number of methoxy groups -OCH3 is 1. The third-order valence-corrected chi connectivity index (χ3v) is 5.81. The van der Waals surface area contributed by atoms with E-state index < -0.39 is 10.0 Å². The maximum absolute atomic E-state index is 12.5. The van der Waals surface area contributed by atoms with Crippen LogP contribution < -0.4 is 14.8 Å². The lowest BCUT2D eigenvalue weighted by molar-refractivity contribution is 0.102. The number of carbonyl (C=O) groups is 1. The van der Waals surface area contributed by atoms with Crippen LogP contribution in [-0.4, -0.2) is 21.4 Å². The van der Waals surface area contributed by atoms with Crippen molar-refractivity contribution in [2.45, 2.75) is 18.2 Å². The standard InChI is InChI=1S/C22H22N2O4S/c1-3-16-6-4-5-7-21(16)23-22(25)17-8-10-18(11-9-17)24-29(26,27)20-14-12-19(28-2)13-15-20/h4-15,24H,3H2,1-2H3,(H,23,25). The highest BCUT2D eigenvalue weighted by Crippen LogP contribution is 2.21. The minimum absolute atomic E-state index is 0.122. The maximum atomic E-state index is 12.5. The van der Waals surface area contributed by atoms with Gasteiger partial charge in [-0.2, -0.15) is 0 Å². The van der Waals surface area contributed by atoms with E-state index in [-0.39, 0.29) is 10.8 Å². The van der Waals surface area contributed by atoms with E-state index in [0.29, 0.717) is 17.0 Å². The van der Waals surface area contributed by atoms with Crippen LogP contribution in [0.15, 0.2) is 77.7 Å². The number of ether oxygens (including phenoxy) is 1. The van der Waals surface area contributed by atoms with Gasteiger partial charge in [-0.3, -0.25) is 9.52 Å². The van der Waals surface area contributed by atoms with Gasteiger partial charge in [0.15, 0.2) is 0 Å². The minimum atomic E-state index is -3.74. The van der Waals surface area contributed by atoms with Crippen molar-refractivity contribution in [1.29, 1.82) is 0 Å². The Bertz CT molecular complexity index is 1090. The smallest absolute Gasteiger partial charge is 0.261 e. The largest absolute Gasteiger partial charge is 0.497 e. The fraction of sp³-hybridized carbons (Fsp3) is 0.136. The van der Waals surface area contributed by atoms with Gasteiger partial charge in [-0.15, -0.1) is 0 Å². The molecular formula is C22H22N2O4S. The lowest BCUT2D eigenvalue weighted by atomic mass is 10.1. The van der Waals surface area contributed by atoms with Crippen molar-refractivity contribution in [2.75, 3.05) is 17.1 Å². The van der Waals surface area contributed by atoms with Crippen LogP contribution in [0.4, 0.5) is 11.4 Å². The molecular weight excluding hydrogens is 388 g/mol. The van der Waals surface area contributed by atoms with Crippen molar-refractivity contribution >= 4 is 27.3 Å². The van der Waals surface area contributed by atoms with E-state index in [9.17, 15) is 13.2 Å². The molecule has 7 heteroatoms. The zero-order valence-electron chi connectivity index (χ0n) is 16.2. The Labute approximate surface area is 170 Å². The number of hydrogen-bond acceptors (Lipinski definition) is 4. The lowest BCUT2D eigenvalue weighted by Crippen LogP contribution is -2.14. The molecule has 1 amide bonds. The first-order valence-corrected chi connectivity index (χ1v) is 10.6. The second-order valence-electron chi connectivity index (χ2n) is 6.32. The van der Waals surface area contributed by atoms with Crippen LogP contribution in [0.3, 0.4) is 0 Å². The quantitative estimate of drug-likeness (QED) is 0.608. The summed E-state index contributed by atoms with van der Waals surface area (Å²) < 4.78 is 32.5. The van der Waals surface area contributed by atoms with E-state index in [2.05, 4.69) is 10.0 Å². The number of anilines is 2. The summed E-state index contributed by atoms with van der Waals surface area (Å²) in [4.78, 5) is 12.6. The number of sulfonamides is 1. The molecule has 0 unspecified atom stereocenters. The summed E-state index contributed by atoms with van der Waals surface area (Å²) in [5.74, 6) is 0.319. The fourth-order valence-corrected chi connectivity index (χ4v) is 3.86. The zero-order chi connectivity index (χ0) is 20.9. The van der Waals surface area contributed by atoms with Crippen LogP contribution >= 0.6 is 0 Å². The van der Waals surface area contributed by atoms with E-state index >= 15 is 0 Å².